The second-order valence-electron chi connectivity index (χ2n) is 3.07. The summed E-state index contributed by atoms with van der Waals surface area (Å²) in [6.45, 7) is 2.69. The Morgan fingerprint density at radius 1 is 1.43 bits per heavy atom. The lowest BCUT2D eigenvalue weighted by atomic mass is 10.1. The van der Waals surface area contributed by atoms with Crippen molar-refractivity contribution in [2.24, 2.45) is 0 Å². The number of rotatable bonds is 4. The highest BCUT2D eigenvalue weighted by Crippen LogP contribution is 2.12. The third-order valence-electron chi connectivity index (χ3n) is 2.00. The van der Waals surface area contributed by atoms with E-state index in [9.17, 15) is 0 Å². The zero-order chi connectivity index (χ0) is 10.4. The highest BCUT2D eigenvalue weighted by molar-refractivity contribution is 6.36. The summed E-state index contributed by atoms with van der Waals surface area (Å²) in [5.41, 5.74) is 2.62. The van der Waals surface area contributed by atoms with Gasteiger partial charge in [-0.2, -0.15) is 0 Å². The third kappa shape index (κ3) is 3.70. The zero-order valence-electron chi connectivity index (χ0n) is 8.00. The van der Waals surface area contributed by atoms with Crippen LogP contribution in [0.4, 0.5) is 0 Å². The van der Waals surface area contributed by atoms with Crippen LogP contribution in [0.1, 0.15) is 18.5 Å². The molecule has 0 saturated heterocycles. The number of hydrogen-bond donors (Lipinski definition) is 1. The van der Waals surface area contributed by atoms with Crippen molar-refractivity contribution >= 4 is 23.2 Å². The maximum Gasteiger partial charge on any atom is 0.0432 e. The van der Waals surface area contributed by atoms with Gasteiger partial charge in [-0.3, -0.25) is 0 Å². The molecule has 0 aliphatic rings. The summed E-state index contributed by atoms with van der Waals surface area (Å²) in [5, 5.41) is 3.88. The molecule has 1 rings (SSSR count). The van der Waals surface area contributed by atoms with Crippen molar-refractivity contribution in [3.05, 3.63) is 46.5 Å². The quantitative estimate of drug-likeness (QED) is 0.832. The van der Waals surface area contributed by atoms with Crippen LogP contribution < -0.4 is 5.32 Å². The molecule has 1 unspecified atom stereocenters. The van der Waals surface area contributed by atoms with E-state index in [4.69, 9.17) is 23.2 Å². The lowest BCUT2D eigenvalue weighted by molar-refractivity contribution is 0.614. The van der Waals surface area contributed by atoms with Gasteiger partial charge in [0.15, 0.2) is 0 Å². The van der Waals surface area contributed by atoms with E-state index < -0.39 is 0 Å². The van der Waals surface area contributed by atoms with Gasteiger partial charge in [0.2, 0.25) is 0 Å². The molecule has 1 atom stereocenters. The first-order valence-corrected chi connectivity index (χ1v) is 5.28. The third-order valence-corrected chi connectivity index (χ3v) is 2.61. The van der Waals surface area contributed by atoms with Gasteiger partial charge in [-0.15, -0.1) is 0 Å². The summed E-state index contributed by atoms with van der Waals surface area (Å²) in [5.74, 6) is 0. The summed E-state index contributed by atoms with van der Waals surface area (Å²) in [6.07, 6.45) is 0. The fourth-order valence-electron chi connectivity index (χ4n) is 1.15. The summed E-state index contributed by atoms with van der Waals surface area (Å²) < 4.78 is 0. The van der Waals surface area contributed by atoms with Crippen molar-refractivity contribution in [1.82, 2.24) is 5.32 Å². The molecule has 14 heavy (non-hydrogen) atoms. The van der Waals surface area contributed by atoms with E-state index in [1.54, 1.807) is 0 Å². The highest BCUT2D eigenvalue weighted by atomic mass is 35.5. The average Bonchev–Trinajstić information content (AvgIpc) is 2.26. The number of halogens is 2. The van der Waals surface area contributed by atoms with Crippen molar-refractivity contribution in [1.29, 1.82) is 0 Å². The minimum atomic E-state index is 0.279. The van der Waals surface area contributed by atoms with Gasteiger partial charge in [0.05, 0.1) is 0 Å². The molecular weight excluding hydrogens is 217 g/mol. The maximum absolute atomic E-state index is 5.76. The Balaban J connectivity index is 2.47. The second-order valence-corrected chi connectivity index (χ2v) is 3.77. The fourth-order valence-corrected chi connectivity index (χ4v) is 1.30. The Bertz CT molecular complexity index is 295. The normalized spacial score (nSPS) is 14.1. The highest BCUT2D eigenvalue weighted by Gasteiger charge is 2.03. The maximum atomic E-state index is 5.76. The van der Waals surface area contributed by atoms with Crippen molar-refractivity contribution in [2.45, 2.75) is 13.0 Å². The molecule has 1 N–H and O–H groups in total. The summed E-state index contributed by atoms with van der Waals surface area (Å²) in [7, 11) is 0. The molecule has 1 aromatic carbocycles. The number of hydrogen-bond acceptors (Lipinski definition) is 1. The molecule has 0 saturated carbocycles. The van der Waals surface area contributed by atoms with E-state index in [1.165, 1.54) is 11.1 Å². The Labute approximate surface area is 94.7 Å². The van der Waals surface area contributed by atoms with Gasteiger partial charge < -0.3 is 5.32 Å². The minimum absolute atomic E-state index is 0.279. The molecule has 1 aromatic rings. The molecule has 0 aliphatic heterocycles. The van der Waals surface area contributed by atoms with Crippen LogP contribution in [0.5, 0.6) is 0 Å². The van der Waals surface area contributed by atoms with E-state index in [2.05, 4.69) is 24.4 Å². The Morgan fingerprint density at radius 2 is 2.07 bits per heavy atom. The molecule has 76 valence electrons. The lowest BCUT2D eigenvalue weighted by Gasteiger charge is -2.13. The first-order chi connectivity index (χ1) is 6.74. The lowest BCUT2D eigenvalue weighted by Crippen LogP contribution is -2.19. The standard InChI is InChI=1S/C11H13Cl2N/c1-9(14-8-11(13)7-12)10-5-3-2-4-6-10/h2-7,9,14H,8H2,1H3. The monoisotopic (exact) mass is 229 g/mol. The van der Waals surface area contributed by atoms with Crippen molar-refractivity contribution in [3.63, 3.8) is 0 Å². The predicted molar refractivity (Wildman–Crippen MR) is 62.6 cm³/mol. The molecule has 0 heterocycles. The van der Waals surface area contributed by atoms with Crippen molar-refractivity contribution < 1.29 is 0 Å². The average molecular weight is 230 g/mol. The van der Waals surface area contributed by atoms with Gasteiger partial charge in [0, 0.05) is 23.2 Å². The molecule has 0 spiro atoms. The number of benzene rings is 1. The van der Waals surface area contributed by atoms with Crippen LogP contribution in [-0.4, -0.2) is 6.54 Å². The van der Waals surface area contributed by atoms with Crippen LogP contribution in [0.25, 0.3) is 0 Å². The molecule has 0 aromatic heterocycles. The van der Waals surface area contributed by atoms with Crippen LogP contribution in [0.15, 0.2) is 40.9 Å². The van der Waals surface area contributed by atoms with Gasteiger partial charge >= 0.3 is 0 Å². The minimum Gasteiger partial charge on any atom is -0.305 e. The van der Waals surface area contributed by atoms with E-state index in [0.717, 1.165) is 0 Å². The van der Waals surface area contributed by atoms with E-state index >= 15 is 0 Å². The Kier molecular flexibility index (Phi) is 5.02. The van der Waals surface area contributed by atoms with Crippen molar-refractivity contribution in [3.8, 4) is 0 Å². The van der Waals surface area contributed by atoms with Crippen molar-refractivity contribution in [2.75, 3.05) is 6.54 Å². The Hall–Kier alpha value is -0.500. The zero-order valence-corrected chi connectivity index (χ0v) is 9.52. The van der Waals surface area contributed by atoms with E-state index in [-0.39, 0.29) is 6.04 Å². The molecular formula is C11H13Cl2N. The van der Waals surface area contributed by atoms with Crippen LogP contribution in [0, 0.1) is 0 Å². The molecule has 0 amide bonds. The summed E-state index contributed by atoms with van der Waals surface area (Å²) >= 11 is 11.2. The van der Waals surface area contributed by atoms with Crippen LogP contribution in [0.3, 0.4) is 0 Å². The molecule has 0 bridgehead atoms. The summed E-state index contributed by atoms with van der Waals surface area (Å²) in [4.78, 5) is 0. The molecule has 0 radical (unpaired) electrons. The van der Waals surface area contributed by atoms with Gasteiger partial charge in [0.1, 0.15) is 0 Å². The first kappa shape index (κ1) is 11.6. The molecule has 3 heteroatoms. The van der Waals surface area contributed by atoms with Crippen LogP contribution >= 0.6 is 23.2 Å². The second kappa shape index (κ2) is 6.07. The van der Waals surface area contributed by atoms with Gasteiger partial charge in [-0.05, 0) is 12.5 Å². The fraction of sp³-hybridized carbons (Fsp3) is 0.273. The first-order valence-electron chi connectivity index (χ1n) is 4.47. The SMILES string of the molecule is CC(NCC(Cl)=CCl)c1ccccc1. The smallest absolute Gasteiger partial charge is 0.0432 e. The van der Waals surface area contributed by atoms with Gasteiger partial charge in [-0.1, -0.05) is 53.5 Å². The predicted octanol–water partition coefficient (Wildman–Crippen LogP) is 3.66. The largest absolute Gasteiger partial charge is 0.305 e. The van der Waals surface area contributed by atoms with Crippen LogP contribution in [-0.2, 0) is 0 Å². The van der Waals surface area contributed by atoms with E-state index in [1.807, 2.05) is 18.2 Å². The molecule has 0 fully saturated rings. The molecule has 1 nitrogen and oxygen atoms in total. The van der Waals surface area contributed by atoms with Crippen LogP contribution in [0.2, 0.25) is 0 Å². The topological polar surface area (TPSA) is 12.0 Å². The number of nitrogens with one attached hydrogen (secondary N) is 1. The van der Waals surface area contributed by atoms with Gasteiger partial charge in [-0.25, -0.2) is 0 Å². The Morgan fingerprint density at radius 3 is 2.64 bits per heavy atom. The van der Waals surface area contributed by atoms with Gasteiger partial charge in [0.25, 0.3) is 0 Å². The molecule has 0 aliphatic carbocycles. The van der Waals surface area contributed by atoms with E-state index in [0.29, 0.717) is 11.6 Å². The summed E-state index contributed by atoms with van der Waals surface area (Å²) in [6, 6.07) is 10.5.